The highest BCUT2D eigenvalue weighted by Crippen LogP contribution is 2.47. The maximum Gasteiger partial charge on any atom is 0.329 e. The summed E-state index contributed by atoms with van der Waals surface area (Å²) in [6.07, 6.45) is 8.05. The van der Waals surface area contributed by atoms with Crippen LogP contribution in [0.3, 0.4) is 0 Å². The third kappa shape index (κ3) is 8.29. The predicted molar refractivity (Wildman–Crippen MR) is 248 cm³/mol. The van der Waals surface area contributed by atoms with Crippen LogP contribution in [0.15, 0.2) is 84.9 Å². The standard InChI is InChI=1S/C52H62FN7O4/c1-34-31-52(64,45-30-47-44(29-46(45)53)50(55-56(47)2)60-22-20-48(62)54-51(60)63)21-23-59(34)33-39-11-7-6-10-38(39)32-57-24-26-58(27-25-57)40-15-12-36(13-16-40)49-42(35-8-4-3-5-9-35)18-14-37-28-41(61)17-19-43(37)49/h3-5,8-9,12-13,15-17,19,28-30,34,38-39,42,49,61,64H,6-7,10-11,14,18,20-27,31-33H2,1-2H3,(H,54,62,63)/t34-,38+,39+,42-,49+,52?/m1/s1. The molecule has 12 heteroatoms. The number of piperazine rings is 1. The summed E-state index contributed by atoms with van der Waals surface area (Å²) in [5.41, 5.74) is 6.16. The van der Waals surface area contributed by atoms with Crippen LogP contribution in [0.5, 0.6) is 5.75 Å². The highest BCUT2D eigenvalue weighted by atomic mass is 19.1. The topological polar surface area (TPSA) is 117 Å². The van der Waals surface area contributed by atoms with Crippen LogP contribution in [0, 0.1) is 17.7 Å². The summed E-state index contributed by atoms with van der Waals surface area (Å²) in [6.45, 7) is 9.27. The summed E-state index contributed by atoms with van der Waals surface area (Å²) in [6, 6.07) is 28.8. The molecule has 11 nitrogen and oxygen atoms in total. The normalized spacial score (nSPS) is 27.2. The van der Waals surface area contributed by atoms with E-state index >= 15 is 4.39 Å². The molecule has 10 rings (SSSR count). The van der Waals surface area contributed by atoms with Crippen molar-refractivity contribution >= 4 is 34.3 Å². The third-order valence-corrected chi connectivity index (χ3v) is 15.6. The molecule has 4 fully saturated rings. The number of phenolic OH excluding ortho intramolecular Hbond substituents is 1. The van der Waals surface area contributed by atoms with Gasteiger partial charge in [-0.05, 0) is 122 Å². The number of likely N-dealkylation sites (tertiary alicyclic amines) is 1. The number of piperidine rings is 1. The zero-order chi connectivity index (χ0) is 44.1. The number of aromatic hydroxyl groups is 1. The first kappa shape index (κ1) is 42.6. The number of anilines is 2. The minimum Gasteiger partial charge on any atom is -0.508 e. The van der Waals surface area contributed by atoms with Crippen LogP contribution in [0.1, 0.15) is 97.9 Å². The molecule has 3 amide bonds. The molecule has 1 aromatic heterocycles. The van der Waals surface area contributed by atoms with Crippen molar-refractivity contribution < 1.29 is 24.2 Å². The molecule has 6 atom stereocenters. The zero-order valence-corrected chi connectivity index (χ0v) is 37.3. The van der Waals surface area contributed by atoms with Gasteiger partial charge in [0.05, 0.1) is 11.1 Å². The van der Waals surface area contributed by atoms with Gasteiger partial charge in [-0.2, -0.15) is 5.10 Å². The summed E-state index contributed by atoms with van der Waals surface area (Å²) in [4.78, 5) is 33.5. The van der Waals surface area contributed by atoms with Crippen molar-refractivity contribution in [2.75, 3.05) is 62.2 Å². The molecule has 3 saturated heterocycles. The first-order valence-electron chi connectivity index (χ1n) is 23.7. The number of fused-ring (bicyclic) bond motifs is 2. The lowest BCUT2D eigenvalue weighted by Crippen LogP contribution is -2.52. The summed E-state index contributed by atoms with van der Waals surface area (Å²) in [5.74, 6) is 1.65. The molecule has 3 aliphatic heterocycles. The van der Waals surface area contributed by atoms with E-state index in [2.05, 4.69) is 92.7 Å². The molecule has 5 aromatic rings. The van der Waals surface area contributed by atoms with Gasteiger partial charge in [0.15, 0.2) is 5.82 Å². The average molecular weight is 868 g/mol. The molecule has 1 unspecified atom stereocenters. The van der Waals surface area contributed by atoms with Crippen molar-refractivity contribution in [2.45, 2.75) is 88.2 Å². The zero-order valence-electron chi connectivity index (χ0n) is 37.3. The number of aromatic nitrogens is 2. The molecule has 0 bridgehead atoms. The van der Waals surface area contributed by atoms with E-state index in [0.29, 0.717) is 59.6 Å². The Labute approximate surface area is 375 Å². The van der Waals surface area contributed by atoms with Gasteiger partial charge < -0.3 is 20.0 Å². The van der Waals surface area contributed by atoms with E-state index in [1.165, 1.54) is 64.6 Å². The number of halogens is 1. The maximum atomic E-state index is 16.1. The number of carbonyl (C=O) groups is 2. The number of hydrogen-bond acceptors (Lipinski definition) is 8. The Morgan fingerprint density at radius 3 is 2.31 bits per heavy atom. The second-order valence-corrected chi connectivity index (χ2v) is 19.5. The molecule has 336 valence electrons. The van der Waals surface area contributed by atoms with Gasteiger partial charge >= 0.3 is 6.03 Å². The number of nitrogens with one attached hydrogen (secondary N) is 1. The molecule has 64 heavy (non-hydrogen) atoms. The Hall–Kier alpha value is -5.30. The summed E-state index contributed by atoms with van der Waals surface area (Å²) < 4.78 is 17.7. The average Bonchev–Trinajstić information content (AvgIpc) is 3.61. The molecule has 1 saturated carbocycles. The fourth-order valence-electron chi connectivity index (χ4n) is 12.1. The van der Waals surface area contributed by atoms with Crippen LogP contribution in [-0.4, -0.2) is 100 Å². The van der Waals surface area contributed by atoms with Gasteiger partial charge in [0, 0.05) is 94.4 Å². The monoisotopic (exact) mass is 867 g/mol. The Kier molecular flexibility index (Phi) is 11.7. The summed E-state index contributed by atoms with van der Waals surface area (Å²) in [5, 5.41) is 29.7. The smallest absolute Gasteiger partial charge is 0.329 e. The van der Waals surface area contributed by atoms with Gasteiger partial charge in [-0.3, -0.25) is 24.6 Å². The van der Waals surface area contributed by atoms with Crippen LogP contribution in [-0.2, 0) is 23.9 Å². The molecule has 2 aliphatic carbocycles. The molecule has 4 aromatic carbocycles. The number of carbonyl (C=O) groups excluding carboxylic acids is 2. The Bertz CT molecular complexity index is 2500. The Morgan fingerprint density at radius 2 is 1.58 bits per heavy atom. The van der Waals surface area contributed by atoms with Gasteiger partial charge in [-0.25, -0.2) is 9.18 Å². The maximum absolute atomic E-state index is 16.1. The van der Waals surface area contributed by atoms with Crippen LogP contribution < -0.4 is 15.1 Å². The largest absolute Gasteiger partial charge is 0.508 e. The van der Waals surface area contributed by atoms with E-state index in [-0.39, 0.29) is 36.4 Å². The molecular weight excluding hydrogens is 806 g/mol. The predicted octanol–water partition coefficient (Wildman–Crippen LogP) is 8.03. The van der Waals surface area contributed by atoms with Crippen molar-refractivity contribution in [3.8, 4) is 5.75 Å². The first-order valence-corrected chi connectivity index (χ1v) is 23.7. The van der Waals surface area contributed by atoms with Gasteiger partial charge in [0.2, 0.25) is 5.91 Å². The van der Waals surface area contributed by atoms with Crippen molar-refractivity contribution in [2.24, 2.45) is 18.9 Å². The summed E-state index contributed by atoms with van der Waals surface area (Å²) >= 11 is 0. The molecule has 0 radical (unpaired) electrons. The van der Waals surface area contributed by atoms with Gasteiger partial charge in [0.1, 0.15) is 11.6 Å². The molecule has 5 aliphatic rings. The lowest BCUT2D eigenvalue weighted by atomic mass is 9.69. The Morgan fingerprint density at radius 1 is 0.828 bits per heavy atom. The fourth-order valence-corrected chi connectivity index (χ4v) is 12.1. The van der Waals surface area contributed by atoms with Crippen LogP contribution >= 0.6 is 0 Å². The van der Waals surface area contributed by atoms with Crippen LogP contribution in [0.25, 0.3) is 10.9 Å². The van der Waals surface area contributed by atoms with E-state index in [0.717, 1.165) is 52.1 Å². The number of nitrogens with zero attached hydrogens (tertiary/aromatic N) is 6. The van der Waals surface area contributed by atoms with Crippen molar-refractivity contribution in [3.05, 3.63) is 119 Å². The van der Waals surface area contributed by atoms with Crippen molar-refractivity contribution in [1.82, 2.24) is 24.9 Å². The quantitative estimate of drug-likeness (QED) is 0.137. The van der Waals surface area contributed by atoms with E-state index in [4.69, 9.17) is 0 Å². The van der Waals surface area contributed by atoms with Crippen LogP contribution in [0.2, 0.25) is 0 Å². The van der Waals surface area contributed by atoms with Gasteiger partial charge in [-0.1, -0.05) is 61.4 Å². The second-order valence-electron chi connectivity index (χ2n) is 19.5. The number of rotatable bonds is 9. The number of aryl methyl sites for hydroxylation is 2. The minimum absolute atomic E-state index is 0.0773. The van der Waals surface area contributed by atoms with E-state index in [9.17, 15) is 19.8 Å². The molecule has 0 spiro atoms. The first-order chi connectivity index (χ1) is 31.0. The lowest BCUT2D eigenvalue weighted by molar-refractivity contribution is -0.120. The third-order valence-electron chi connectivity index (χ3n) is 15.6. The van der Waals surface area contributed by atoms with Crippen molar-refractivity contribution in [1.29, 1.82) is 0 Å². The number of benzene rings is 4. The van der Waals surface area contributed by atoms with Crippen LogP contribution in [0.4, 0.5) is 20.7 Å². The van der Waals surface area contributed by atoms with E-state index in [1.807, 2.05) is 12.1 Å². The highest BCUT2D eigenvalue weighted by molar-refractivity contribution is 6.08. The lowest BCUT2D eigenvalue weighted by Gasteiger charge is -2.46. The SMILES string of the molecule is C[C@@H]1CC(O)(c2cc3c(cc2F)c(N2CCC(=O)NC2=O)nn3C)CCN1C[C@@H]1CCCC[C@H]1CN1CCN(c2ccc([C@@H]3c4ccc(O)cc4CC[C@@H]3c3ccccc3)cc2)CC1. The van der Waals surface area contributed by atoms with Gasteiger partial charge in [0.25, 0.3) is 0 Å². The molecular formula is C52H62FN7O4. The number of phenols is 1. The molecule has 4 heterocycles. The van der Waals surface area contributed by atoms with Crippen molar-refractivity contribution in [3.63, 3.8) is 0 Å². The minimum atomic E-state index is -1.32. The number of amides is 3. The second kappa shape index (κ2) is 17.6. The number of urea groups is 1. The molecule has 3 N–H and O–H groups in total. The van der Waals surface area contributed by atoms with E-state index < -0.39 is 17.4 Å². The number of hydrogen-bond donors (Lipinski definition) is 3. The Balaban J connectivity index is 0.758. The number of imide groups is 1. The highest BCUT2D eigenvalue weighted by Gasteiger charge is 2.42. The number of aliphatic hydroxyl groups is 1. The van der Waals surface area contributed by atoms with E-state index in [1.54, 1.807) is 17.8 Å². The summed E-state index contributed by atoms with van der Waals surface area (Å²) in [7, 11) is 1.75. The van der Waals surface area contributed by atoms with Gasteiger partial charge in [-0.15, -0.1) is 0 Å². The fraction of sp³-hybridized carbons (Fsp3) is 0.481.